The molecule has 1 aromatic heterocycles. The average Bonchev–Trinajstić information content (AvgIpc) is 3.25. The van der Waals surface area contributed by atoms with Crippen LogP contribution in [0.2, 0.25) is 0 Å². The summed E-state index contributed by atoms with van der Waals surface area (Å²) in [5.74, 6) is -0.351. The van der Waals surface area contributed by atoms with Crippen LogP contribution in [-0.4, -0.2) is 11.0 Å². The molecular formula is C21H17NO2S. The van der Waals surface area contributed by atoms with Crippen LogP contribution in [0.1, 0.15) is 16.0 Å². The van der Waals surface area contributed by atoms with Crippen LogP contribution in [0.25, 0.3) is 5.57 Å². The number of nitrogens with zero attached hydrogens (tertiary/aromatic N) is 1. The number of thiophene rings is 1. The van der Waals surface area contributed by atoms with Gasteiger partial charge < -0.3 is 10.0 Å². The first-order valence-electron chi connectivity index (χ1n) is 8.03. The molecule has 1 atom stereocenters. The van der Waals surface area contributed by atoms with Gasteiger partial charge in [0.05, 0.1) is 12.2 Å². The van der Waals surface area contributed by atoms with Gasteiger partial charge in [-0.3, -0.25) is 4.79 Å². The monoisotopic (exact) mass is 347 g/mol. The largest absolute Gasteiger partial charge is 0.372 e. The van der Waals surface area contributed by atoms with Gasteiger partial charge in [0.2, 0.25) is 0 Å². The van der Waals surface area contributed by atoms with Crippen molar-refractivity contribution in [3.05, 3.63) is 94.7 Å². The van der Waals surface area contributed by atoms with E-state index in [1.807, 2.05) is 66.0 Å². The first-order chi connectivity index (χ1) is 12.1. The maximum Gasteiger partial charge on any atom is 0.268 e. The molecule has 0 fully saturated rings. The van der Waals surface area contributed by atoms with E-state index in [9.17, 15) is 9.90 Å². The van der Waals surface area contributed by atoms with Gasteiger partial charge in [0, 0.05) is 16.0 Å². The Kier molecular flexibility index (Phi) is 3.79. The molecule has 1 N–H and O–H groups in total. The zero-order valence-electron chi connectivity index (χ0n) is 13.6. The normalized spacial score (nSPS) is 19.1. The predicted molar refractivity (Wildman–Crippen MR) is 101 cm³/mol. The standard InChI is InChI=1S/C21H17NO2S/c1-15(19-12-7-13-25-19)21(24)17-10-5-6-11-18(17)22(20(21)23)14-16-8-3-2-4-9-16/h2-13,24H,1,14H2. The average molecular weight is 347 g/mol. The van der Waals surface area contributed by atoms with E-state index in [0.717, 1.165) is 16.1 Å². The Labute approximate surface area is 150 Å². The number of rotatable bonds is 4. The minimum absolute atomic E-state index is 0.351. The molecule has 1 aliphatic rings. The third kappa shape index (κ3) is 2.42. The Morgan fingerprint density at radius 1 is 1.04 bits per heavy atom. The number of carbonyl (C=O) groups is 1. The van der Waals surface area contributed by atoms with Crippen LogP contribution in [0.15, 0.2) is 78.7 Å². The molecule has 3 aromatic rings. The maximum atomic E-state index is 13.2. The van der Waals surface area contributed by atoms with Crippen molar-refractivity contribution >= 4 is 28.5 Å². The zero-order valence-corrected chi connectivity index (χ0v) is 14.4. The van der Waals surface area contributed by atoms with Gasteiger partial charge in [-0.25, -0.2) is 0 Å². The van der Waals surface area contributed by atoms with E-state index in [0.29, 0.717) is 17.7 Å². The second-order valence-corrected chi connectivity index (χ2v) is 7.01. The van der Waals surface area contributed by atoms with Gasteiger partial charge in [-0.05, 0) is 23.1 Å². The summed E-state index contributed by atoms with van der Waals surface area (Å²) in [5.41, 5.74) is 1.04. The van der Waals surface area contributed by atoms with Crippen molar-refractivity contribution in [3.63, 3.8) is 0 Å². The summed E-state index contributed by atoms with van der Waals surface area (Å²) in [6, 6.07) is 20.9. The highest BCUT2D eigenvalue weighted by molar-refractivity contribution is 7.11. The molecule has 0 bridgehead atoms. The molecule has 0 aliphatic carbocycles. The lowest BCUT2D eigenvalue weighted by atomic mass is 9.87. The van der Waals surface area contributed by atoms with Crippen molar-refractivity contribution in [1.82, 2.24) is 0 Å². The van der Waals surface area contributed by atoms with Crippen LogP contribution in [0, 0.1) is 0 Å². The Balaban J connectivity index is 1.80. The molecule has 1 unspecified atom stereocenters. The number of carbonyl (C=O) groups excluding carboxylic acids is 1. The number of benzene rings is 2. The third-order valence-electron chi connectivity index (χ3n) is 4.58. The molecule has 4 heteroatoms. The van der Waals surface area contributed by atoms with Gasteiger partial charge in [-0.1, -0.05) is 61.2 Å². The fraction of sp³-hybridized carbons (Fsp3) is 0.0952. The summed E-state index contributed by atoms with van der Waals surface area (Å²) in [6.07, 6.45) is 0. The third-order valence-corrected chi connectivity index (χ3v) is 5.51. The van der Waals surface area contributed by atoms with Crippen molar-refractivity contribution in [1.29, 1.82) is 0 Å². The van der Waals surface area contributed by atoms with Crippen molar-refractivity contribution in [2.24, 2.45) is 0 Å². The van der Waals surface area contributed by atoms with Crippen molar-refractivity contribution in [2.45, 2.75) is 12.1 Å². The van der Waals surface area contributed by atoms with E-state index in [4.69, 9.17) is 0 Å². The number of fused-ring (bicyclic) bond motifs is 1. The highest BCUT2D eigenvalue weighted by Gasteiger charge is 2.52. The smallest absolute Gasteiger partial charge is 0.268 e. The maximum absolute atomic E-state index is 13.2. The SMILES string of the molecule is C=C(c1cccs1)C1(O)C(=O)N(Cc2ccccc2)c2ccccc21. The Hall–Kier alpha value is -2.69. The highest BCUT2D eigenvalue weighted by atomic mass is 32.1. The lowest BCUT2D eigenvalue weighted by molar-refractivity contribution is -0.130. The van der Waals surface area contributed by atoms with Gasteiger partial charge >= 0.3 is 0 Å². The lowest BCUT2D eigenvalue weighted by Crippen LogP contribution is -2.40. The predicted octanol–water partition coefficient (Wildman–Crippen LogP) is 4.20. The number of aliphatic hydroxyl groups is 1. The molecular weight excluding hydrogens is 330 g/mol. The summed E-state index contributed by atoms with van der Waals surface area (Å²) in [5, 5.41) is 13.3. The van der Waals surface area contributed by atoms with Crippen LogP contribution in [0.5, 0.6) is 0 Å². The molecule has 1 aliphatic heterocycles. The highest BCUT2D eigenvalue weighted by Crippen LogP contribution is 2.48. The first-order valence-corrected chi connectivity index (χ1v) is 8.91. The first kappa shape index (κ1) is 15.8. The molecule has 0 saturated heterocycles. The number of anilines is 1. The molecule has 2 heterocycles. The molecule has 4 rings (SSSR count). The molecule has 2 aromatic carbocycles. The fourth-order valence-electron chi connectivity index (χ4n) is 3.28. The van der Waals surface area contributed by atoms with E-state index in [1.54, 1.807) is 11.0 Å². The van der Waals surface area contributed by atoms with Crippen LogP contribution in [-0.2, 0) is 16.9 Å². The summed E-state index contributed by atoms with van der Waals surface area (Å²) in [4.78, 5) is 15.7. The topological polar surface area (TPSA) is 40.5 Å². The fourth-order valence-corrected chi connectivity index (χ4v) is 4.03. The van der Waals surface area contributed by atoms with E-state index in [2.05, 4.69) is 6.58 Å². The van der Waals surface area contributed by atoms with Gasteiger partial charge in [-0.2, -0.15) is 0 Å². The summed E-state index contributed by atoms with van der Waals surface area (Å²) < 4.78 is 0. The minimum Gasteiger partial charge on any atom is -0.372 e. The van der Waals surface area contributed by atoms with E-state index in [-0.39, 0.29) is 5.91 Å². The van der Waals surface area contributed by atoms with Gasteiger partial charge in [0.25, 0.3) is 5.91 Å². The molecule has 0 radical (unpaired) electrons. The van der Waals surface area contributed by atoms with Gasteiger partial charge in [0.15, 0.2) is 5.60 Å². The summed E-state index contributed by atoms with van der Waals surface area (Å²) in [6.45, 7) is 4.47. The van der Waals surface area contributed by atoms with Crippen LogP contribution in [0.4, 0.5) is 5.69 Å². The van der Waals surface area contributed by atoms with E-state index >= 15 is 0 Å². The van der Waals surface area contributed by atoms with Crippen molar-refractivity contribution in [3.8, 4) is 0 Å². The van der Waals surface area contributed by atoms with Crippen molar-refractivity contribution in [2.75, 3.05) is 4.90 Å². The molecule has 3 nitrogen and oxygen atoms in total. The Bertz CT molecular complexity index is 934. The molecule has 124 valence electrons. The summed E-state index contributed by atoms with van der Waals surface area (Å²) in [7, 11) is 0. The molecule has 1 amide bonds. The van der Waals surface area contributed by atoms with Crippen LogP contribution in [0.3, 0.4) is 0 Å². The number of hydrogen-bond acceptors (Lipinski definition) is 3. The van der Waals surface area contributed by atoms with E-state index in [1.165, 1.54) is 11.3 Å². The Morgan fingerprint density at radius 2 is 1.76 bits per heavy atom. The molecule has 25 heavy (non-hydrogen) atoms. The van der Waals surface area contributed by atoms with Gasteiger partial charge in [0.1, 0.15) is 0 Å². The quantitative estimate of drug-likeness (QED) is 0.768. The number of amides is 1. The van der Waals surface area contributed by atoms with Crippen LogP contribution >= 0.6 is 11.3 Å². The Morgan fingerprint density at radius 3 is 2.48 bits per heavy atom. The van der Waals surface area contributed by atoms with Crippen molar-refractivity contribution < 1.29 is 9.90 Å². The second-order valence-electron chi connectivity index (χ2n) is 6.06. The minimum atomic E-state index is -1.73. The lowest BCUT2D eigenvalue weighted by Gasteiger charge is -2.25. The van der Waals surface area contributed by atoms with E-state index < -0.39 is 5.60 Å². The zero-order chi connectivity index (χ0) is 17.4. The summed E-state index contributed by atoms with van der Waals surface area (Å²) >= 11 is 1.47. The molecule has 0 saturated carbocycles. The number of para-hydroxylation sites is 1. The molecule has 0 spiro atoms. The second kappa shape index (κ2) is 5.99. The number of hydrogen-bond donors (Lipinski definition) is 1. The van der Waals surface area contributed by atoms with Crippen LogP contribution < -0.4 is 4.90 Å². The van der Waals surface area contributed by atoms with Gasteiger partial charge in [-0.15, -0.1) is 11.3 Å².